The molecular weight excluding hydrogens is 370 g/mol. The Morgan fingerprint density at radius 2 is 1.72 bits per heavy atom. The number of carbonyl (C=O) groups excluding carboxylic acids is 3. The van der Waals surface area contributed by atoms with Crippen LogP contribution in [0.4, 0.5) is 9.59 Å². The van der Waals surface area contributed by atoms with Crippen molar-refractivity contribution in [3.8, 4) is 0 Å². The molecule has 7 nitrogen and oxygen atoms in total. The first-order chi connectivity index (χ1) is 13.8. The average Bonchev–Trinajstić information content (AvgIpc) is 2.70. The molecule has 2 aromatic carbocycles. The zero-order valence-electron chi connectivity index (χ0n) is 16.8. The lowest BCUT2D eigenvalue weighted by Gasteiger charge is -2.34. The van der Waals surface area contributed by atoms with Gasteiger partial charge in [0.15, 0.2) is 0 Å². The number of benzene rings is 2. The van der Waals surface area contributed by atoms with Crippen LogP contribution >= 0.6 is 0 Å². The van der Waals surface area contributed by atoms with Crippen LogP contribution < -0.4 is 5.48 Å². The molecule has 0 aliphatic carbocycles. The van der Waals surface area contributed by atoms with Crippen molar-refractivity contribution in [1.29, 1.82) is 0 Å². The summed E-state index contributed by atoms with van der Waals surface area (Å²) in [4.78, 5) is 45.3. The van der Waals surface area contributed by atoms with E-state index in [4.69, 9.17) is 4.84 Å². The number of hydrogen-bond acceptors (Lipinski definition) is 4. The molecule has 4 amide bonds. The fourth-order valence-corrected chi connectivity index (χ4v) is 3.16. The number of imide groups is 1. The van der Waals surface area contributed by atoms with Gasteiger partial charge in [0.2, 0.25) is 0 Å². The van der Waals surface area contributed by atoms with Crippen molar-refractivity contribution in [2.75, 3.05) is 6.54 Å². The van der Waals surface area contributed by atoms with Gasteiger partial charge in [-0.1, -0.05) is 48.5 Å². The van der Waals surface area contributed by atoms with Crippen LogP contribution in [-0.4, -0.2) is 39.9 Å². The highest BCUT2D eigenvalue weighted by atomic mass is 16.7. The summed E-state index contributed by atoms with van der Waals surface area (Å²) >= 11 is 0. The van der Waals surface area contributed by atoms with Crippen molar-refractivity contribution in [3.05, 3.63) is 71.3 Å². The van der Waals surface area contributed by atoms with Crippen LogP contribution in [0.1, 0.15) is 42.3 Å². The summed E-state index contributed by atoms with van der Waals surface area (Å²) in [6.07, 6.45) is -0.134. The lowest BCUT2D eigenvalue weighted by atomic mass is 9.99. The highest BCUT2D eigenvalue weighted by Crippen LogP contribution is 2.20. The SMILES string of the molecule is CC(C)(C)N(Cc1ccccc1)C(=O)ONC(=O)N1CCc2ccccc2C1=O. The van der Waals surface area contributed by atoms with Crippen LogP contribution in [-0.2, 0) is 17.8 Å². The van der Waals surface area contributed by atoms with Crippen molar-refractivity contribution in [1.82, 2.24) is 15.3 Å². The molecule has 0 unspecified atom stereocenters. The van der Waals surface area contributed by atoms with E-state index >= 15 is 0 Å². The van der Waals surface area contributed by atoms with E-state index in [9.17, 15) is 14.4 Å². The monoisotopic (exact) mass is 395 g/mol. The van der Waals surface area contributed by atoms with Gasteiger partial charge in [0.1, 0.15) is 0 Å². The first-order valence-corrected chi connectivity index (χ1v) is 9.49. The molecule has 7 heteroatoms. The van der Waals surface area contributed by atoms with Crippen molar-refractivity contribution >= 4 is 18.0 Å². The van der Waals surface area contributed by atoms with E-state index in [0.29, 0.717) is 18.5 Å². The van der Waals surface area contributed by atoms with E-state index in [1.54, 1.807) is 12.1 Å². The van der Waals surface area contributed by atoms with Gasteiger partial charge in [0.25, 0.3) is 5.91 Å². The highest BCUT2D eigenvalue weighted by Gasteiger charge is 2.32. The first kappa shape index (κ1) is 20.4. The maximum atomic E-state index is 12.6. The molecule has 2 aromatic rings. The Kier molecular flexibility index (Phi) is 5.87. The molecule has 0 spiro atoms. The lowest BCUT2D eigenvalue weighted by Crippen LogP contribution is -2.51. The smallest absolute Gasteiger partial charge is 0.320 e. The third-order valence-electron chi connectivity index (χ3n) is 4.78. The van der Waals surface area contributed by atoms with Crippen LogP contribution in [0.25, 0.3) is 0 Å². The third kappa shape index (κ3) is 4.74. The van der Waals surface area contributed by atoms with E-state index in [1.807, 2.05) is 63.2 Å². The molecular formula is C22H25N3O4. The lowest BCUT2D eigenvalue weighted by molar-refractivity contribution is 0.0300. The number of rotatable bonds is 2. The Hall–Kier alpha value is -3.35. The second-order valence-corrected chi connectivity index (χ2v) is 7.88. The van der Waals surface area contributed by atoms with Gasteiger partial charge in [-0.15, -0.1) is 0 Å². The molecule has 1 aliphatic heterocycles. The zero-order valence-corrected chi connectivity index (χ0v) is 16.8. The zero-order chi connectivity index (χ0) is 21.0. The Labute approximate surface area is 170 Å². The average molecular weight is 395 g/mol. The summed E-state index contributed by atoms with van der Waals surface area (Å²) in [6, 6.07) is 15.9. The minimum absolute atomic E-state index is 0.228. The summed E-state index contributed by atoms with van der Waals surface area (Å²) in [7, 11) is 0. The van der Waals surface area contributed by atoms with Crippen molar-refractivity contribution in [2.45, 2.75) is 39.3 Å². The maximum absolute atomic E-state index is 12.6. The van der Waals surface area contributed by atoms with Crippen LogP contribution in [0, 0.1) is 0 Å². The second kappa shape index (κ2) is 8.34. The molecule has 3 rings (SSSR count). The predicted octanol–water partition coefficient (Wildman–Crippen LogP) is 3.75. The Bertz CT molecular complexity index is 906. The van der Waals surface area contributed by atoms with Gasteiger partial charge in [0.05, 0.1) is 0 Å². The highest BCUT2D eigenvalue weighted by molar-refractivity contribution is 6.05. The van der Waals surface area contributed by atoms with Gasteiger partial charge >= 0.3 is 12.1 Å². The molecule has 1 heterocycles. The molecule has 0 radical (unpaired) electrons. The molecule has 0 fully saturated rings. The molecule has 152 valence electrons. The maximum Gasteiger partial charge on any atom is 0.434 e. The molecule has 0 saturated carbocycles. The predicted molar refractivity (Wildman–Crippen MR) is 108 cm³/mol. The number of nitrogens with one attached hydrogen (secondary N) is 1. The number of hydrogen-bond donors (Lipinski definition) is 1. The molecule has 0 bridgehead atoms. The molecule has 1 aliphatic rings. The second-order valence-electron chi connectivity index (χ2n) is 7.88. The van der Waals surface area contributed by atoms with E-state index in [2.05, 4.69) is 5.48 Å². The van der Waals surface area contributed by atoms with Gasteiger partial charge in [-0.25, -0.2) is 9.59 Å². The summed E-state index contributed by atoms with van der Waals surface area (Å²) in [5.74, 6) is -0.405. The summed E-state index contributed by atoms with van der Waals surface area (Å²) in [6.45, 7) is 6.19. The first-order valence-electron chi connectivity index (χ1n) is 9.49. The van der Waals surface area contributed by atoms with Crippen LogP contribution in [0.5, 0.6) is 0 Å². The molecule has 1 N–H and O–H groups in total. The number of urea groups is 1. The molecule has 0 saturated heterocycles. The van der Waals surface area contributed by atoms with Gasteiger partial charge in [-0.3, -0.25) is 14.6 Å². The number of amides is 4. The summed E-state index contributed by atoms with van der Waals surface area (Å²) in [5, 5.41) is 0. The van der Waals surface area contributed by atoms with Crippen LogP contribution in [0.3, 0.4) is 0 Å². The quantitative estimate of drug-likeness (QED) is 0.786. The van der Waals surface area contributed by atoms with E-state index in [-0.39, 0.29) is 6.54 Å². The van der Waals surface area contributed by atoms with Crippen LogP contribution in [0.15, 0.2) is 54.6 Å². The summed E-state index contributed by atoms with van der Waals surface area (Å²) < 4.78 is 0. The third-order valence-corrected chi connectivity index (χ3v) is 4.78. The Morgan fingerprint density at radius 1 is 1.07 bits per heavy atom. The number of fused-ring (bicyclic) bond motifs is 1. The molecule has 29 heavy (non-hydrogen) atoms. The fraction of sp³-hybridized carbons (Fsp3) is 0.318. The van der Waals surface area contributed by atoms with E-state index in [0.717, 1.165) is 16.0 Å². The van der Waals surface area contributed by atoms with Crippen LogP contribution in [0.2, 0.25) is 0 Å². The topological polar surface area (TPSA) is 79.0 Å². The normalized spacial score (nSPS) is 13.5. The fourth-order valence-electron chi connectivity index (χ4n) is 3.16. The minimum Gasteiger partial charge on any atom is -0.320 e. The van der Waals surface area contributed by atoms with Gasteiger partial charge in [0, 0.05) is 24.2 Å². The van der Waals surface area contributed by atoms with Crippen molar-refractivity contribution in [3.63, 3.8) is 0 Å². The largest absolute Gasteiger partial charge is 0.434 e. The van der Waals surface area contributed by atoms with Crippen molar-refractivity contribution in [2.24, 2.45) is 0 Å². The van der Waals surface area contributed by atoms with Gasteiger partial charge < -0.3 is 4.84 Å². The number of hydroxylamine groups is 1. The van der Waals surface area contributed by atoms with E-state index < -0.39 is 23.6 Å². The van der Waals surface area contributed by atoms with Gasteiger partial charge in [-0.05, 0) is 44.4 Å². The summed E-state index contributed by atoms with van der Waals surface area (Å²) in [5.41, 5.74) is 3.92. The standard InChI is InChI=1S/C22H25N3O4/c1-22(2,3)25(15-16-9-5-4-6-10-16)21(28)29-23-20(27)24-14-13-17-11-7-8-12-18(17)19(24)26/h4-12H,13-15H2,1-3H3,(H,23,27). The van der Waals surface area contributed by atoms with Gasteiger partial charge in [-0.2, -0.15) is 5.48 Å². The Morgan fingerprint density at radius 3 is 2.41 bits per heavy atom. The van der Waals surface area contributed by atoms with Crippen molar-refractivity contribution < 1.29 is 19.2 Å². The number of carbonyl (C=O) groups is 3. The molecule has 0 atom stereocenters. The Balaban J connectivity index is 1.64. The molecule has 0 aromatic heterocycles. The number of nitrogens with zero attached hydrogens (tertiary/aromatic N) is 2. The minimum atomic E-state index is -0.758. The van der Waals surface area contributed by atoms with E-state index in [1.165, 1.54) is 4.90 Å².